The van der Waals surface area contributed by atoms with E-state index >= 15 is 0 Å². The number of amides is 1. The number of nitrogens with zero attached hydrogens (tertiary/aromatic N) is 2. The molecule has 1 amide bonds. The summed E-state index contributed by atoms with van der Waals surface area (Å²) in [4.78, 5) is 19.7. The van der Waals surface area contributed by atoms with Crippen molar-refractivity contribution in [3.05, 3.63) is 33.8 Å². The molecule has 0 saturated heterocycles. The first-order valence-corrected chi connectivity index (χ1v) is 9.83. The van der Waals surface area contributed by atoms with Gasteiger partial charge < -0.3 is 20.1 Å². The molecule has 1 aromatic carbocycles. The van der Waals surface area contributed by atoms with Crippen molar-refractivity contribution in [1.82, 2.24) is 9.88 Å². The van der Waals surface area contributed by atoms with Crippen LogP contribution < -0.4 is 15.2 Å². The number of methoxy groups -OCH3 is 2. The molecule has 0 fully saturated rings. The lowest BCUT2D eigenvalue weighted by atomic mass is 10.2. The number of thiazole rings is 1. The summed E-state index contributed by atoms with van der Waals surface area (Å²) in [6.07, 6.45) is 2.68. The molecule has 0 spiro atoms. The summed E-state index contributed by atoms with van der Waals surface area (Å²) in [7, 11) is 4.98. The van der Waals surface area contributed by atoms with Gasteiger partial charge in [-0.2, -0.15) is 0 Å². The predicted molar refractivity (Wildman–Crippen MR) is 102 cm³/mol. The molecular formula is C17H23N3O3S2. The lowest BCUT2D eigenvalue weighted by Gasteiger charge is -2.19. The Hall–Kier alpha value is -1.77. The lowest BCUT2D eigenvalue weighted by Crippen LogP contribution is -2.26. The van der Waals surface area contributed by atoms with Gasteiger partial charge in [0.25, 0.3) is 5.91 Å². The number of nitrogens with two attached hydrogens (primary N) is 1. The quantitative estimate of drug-likeness (QED) is 0.709. The second kappa shape index (κ2) is 9.07. The fourth-order valence-electron chi connectivity index (χ4n) is 2.39. The van der Waals surface area contributed by atoms with Crippen molar-refractivity contribution < 1.29 is 14.3 Å². The number of ether oxygens (including phenoxy) is 2. The Labute approximate surface area is 156 Å². The number of hydrogen-bond donors (Lipinski definition) is 1. The summed E-state index contributed by atoms with van der Waals surface area (Å²) in [5.74, 6) is 1.21. The van der Waals surface area contributed by atoms with E-state index in [4.69, 9.17) is 15.2 Å². The summed E-state index contributed by atoms with van der Waals surface area (Å²) in [5.41, 5.74) is 7.00. The fraction of sp³-hybridized carbons (Fsp3) is 0.412. The van der Waals surface area contributed by atoms with E-state index in [1.54, 1.807) is 43.3 Å². The Morgan fingerprint density at radius 3 is 2.60 bits per heavy atom. The number of carbonyl (C=O) groups excluding carboxylic acids is 1. The van der Waals surface area contributed by atoms with Crippen LogP contribution in [0, 0.1) is 0 Å². The first-order valence-electron chi connectivity index (χ1n) is 7.72. The third-order valence-corrected chi connectivity index (χ3v) is 5.40. The normalized spacial score (nSPS) is 10.6. The number of rotatable bonds is 8. The minimum atomic E-state index is -0.110. The molecular weight excluding hydrogens is 358 g/mol. The van der Waals surface area contributed by atoms with Crippen LogP contribution in [0.25, 0.3) is 0 Å². The maximum absolute atomic E-state index is 12.6. The zero-order chi connectivity index (χ0) is 18.4. The first-order chi connectivity index (χ1) is 12.0. The van der Waals surface area contributed by atoms with Gasteiger partial charge in [0.1, 0.15) is 5.69 Å². The van der Waals surface area contributed by atoms with Gasteiger partial charge in [-0.25, -0.2) is 4.98 Å². The standard InChI is InChI=1S/C17H23N3O3S2/c1-20(17(21)12-10-25-16(19-12)5-6-18)9-11-7-13(22-2)14(23-3)8-15(11)24-4/h7-8,10H,5-6,9,18H2,1-4H3. The highest BCUT2D eigenvalue weighted by molar-refractivity contribution is 7.98. The second-order valence-corrected chi connectivity index (χ2v) is 7.14. The molecule has 0 aliphatic heterocycles. The van der Waals surface area contributed by atoms with Crippen LogP contribution in [-0.4, -0.2) is 49.9 Å². The molecule has 1 heterocycles. The van der Waals surface area contributed by atoms with Crippen LogP contribution in [0.3, 0.4) is 0 Å². The van der Waals surface area contributed by atoms with Crippen molar-refractivity contribution in [1.29, 1.82) is 0 Å². The average Bonchev–Trinajstić information content (AvgIpc) is 3.09. The summed E-state index contributed by atoms with van der Waals surface area (Å²) in [6.45, 7) is 0.985. The SMILES string of the molecule is COc1cc(CN(C)C(=O)c2csc(CCN)n2)c(SC)cc1OC. The molecule has 1 aromatic heterocycles. The van der Waals surface area contributed by atoms with Gasteiger partial charge in [-0.05, 0) is 30.5 Å². The molecule has 0 aliphatic carbocycles. The maximum atomic E-state index is 12.6. The van der Waals surface area contributed by atoms with Crippen LogP contribution in [0.2, 0.25) is 0 Å². The Balaban J connectivity index is 2.20. The number of benzene rings is 1. The van der Waals surface area contributed by atoms with Gasteiger partial charge in [0, 0.05) is 30.3 Å². The predicted octanol–water partition coefficient (Wildman–Crippen LogP) is 2.66. The highest BCUT2D eigenvalue weighted by atomic mass is 32.2. The number of carbonyl (C=O) groups is 1. The van der Waals surface area contributed by atoms with E-state index in [0.717, 1.165) is 15.5 Å². The van der Waals surface area contributed by atoms with Gasteiger partial charge in [0.2, 0.25) is 0 Å². The van der Waals surface area contributed by atoms with E-state index in [9.17, 15) is 4.79 Å². The molecule has 0 atom stereocenters. The van der Waals surface area contributed by atoms with E-state index in [0.29, 0.717) is 36.7 Å². The van der Waals surface area contributed by atoms with Gasteiger partial charge in [-0.15, -0.1) is 23.1 Å². The van der Waals surface area contributed by atoms with Crippen LogP contribution >= 0.6 is 23.1 Å². The smallest absolute Gasteiger partial charge is 0.273 e. The minimum absolute atomic E-state index is 0.110. The largest absolute Gasteiger partial charge is 0.493 e. The fourth-order valence-corrected chi connectivity index (χ4v) is 3.78. The van der Waals surface area contributed by atoms with Crippen molar-refractivity contribution >= 4 is 29.0 Å². The average molecular weight is 382 g/mol. The van der Waals surface area contributed by atoms with Gasteiger partial charge >= 0.3 is 0 Å². The molecule has 0 radical (unpaired) electrons. The van der Waals surface area contributed by atoms with Crippen molar-refractivity contribution in [2.45, 2.75) is 17.9 Å². The van der Waals surface area contributed by atoms with Crippen LogP contribution in [-0.2, 0) is 13.0 Å². The minimum Gasteiger partial charge on any atom is -0.493 e. The van der Waals surface area contributed by atoms with Gasteiger partial charge in [0.15, 0.2) is 11.5 Å². The topological polar surface area (TPSA) is 77.7 Å². The Kier molecular flexibility index (Phi) is 7.10. The number of aromatic nitrogens is 1. The molecule has 8 heteroatoms. The van der Waals surface area contributed by atoms with Crippen LogP contribution in [0.15, 0.2) is 22.4 Å². The van der Waals surface area contributed by atoms with Gasteiger partial charge in [-0.3, -0.25) is 4.79 Å². The number of hydrogen-bond acceptors (Lipinski definition) is 7. The molecule has 0 aliphatic rings. The Morgan fingerprint density at radius 1 is 1.32 bits per heavy atom. The highest BCUT2D eigenvalue weighted by Gasteiger charge is 2.18. The van der Waals surface area contributed by atoms with Crippen LogP contribution in [0.5, 0.6) is 11.5 Å². The zero-order valence-electron chi connectivity index (χ0n) is 14.9. The van der Waals surface area contributed by atoms with Crippen molar-refractivity contribution in [2.24, 2.45) is 5.73 Å². The second-order valence-electron chi connectivity index (χ2n) is 5.35. The highest BCUT2D eigenvalue weighted by Crippen LogP contribution is 2.35. The molecule has 2 aromatic rings. The van der Waals surface area contributed by atoms with Crippen LogP contribution in [0.4, 0.5) is 0 Å². The van der Waals surface area contributed by atoms with Gasteiger partial charge in [-0.1, -0.05) is 0 Å². The summed E-state index contributed by atoms with van der Waals surface area (Å²) in [6, 6.07) is 3.84. The van der Waals surface area contributed by atoms with Crippen molar-refractivity contribution in [3.8, 4) is 11.5 Å². The summed E-state index contributed by atoms with van der Waals surface area (Å²) in [5, 5.41) is 2.67. The van der Waals surface area contributed by atoms with Crippen LogP contribution in [0.1, 0.15) is 21.1 Å². The zero-order valence-corrected chi connectivity index (χ0v) is 16.5. The summed E-state index contributed by atoms with van der Waals surface area (Å²) >= 11 is 3.07. The molecule has 0 unspecified atom stereocenters. The Morgan fingerprint density at radius 2 is 2.00 bits per heavy atom. The van der Waals surface area contributed by atoms with E-state index in [2.05, 4.69) is 4.98 Å². The molecule has 25 heavy (non-hydrogen) atoms. The number of thioether (sulfide) groups is 1. The van der Waals surface area contributed by atoms with Crippen molar-refractivity contribution in [2.75, 3.05) is 34.1 Å². The lowest BCUT2D eigenvalue weighted by molar-refractivity contribution is 0.0778. The van der Waals surface area contributed by atoms with E-state index < -0.39 is 0 Å². The van der Waals surface area contributed by atoms with E-state index in [1.807, 2.05) is 18.4 Å². The van der Waals surface area contributed by atoms with E-state index in [-0.39, 0.29) is 5.91 Å². The molecule has 0 bridgehead atoms. The maximum Gasteiger partial charge on any atom is 0.273 e. The van der Waals surface area contributed by atoms with Crippen molar-refractivity contribution in [3.63, 3.8) is 0 Å². The third-order valence-electron chi connectivity index (χ3n) is 3.67. The molecule has 136 valence electrons. The van der Waals surface area contributed by atoms with E-state index in [1.165, 1.54) is 11.3 Å². The molecule has 2 N–H and O–H groups in total. The third kappa shape index (κ3) is 4.65. The monoisotopic (exact) mass is 381 g/mol. The first kappa shape index (κ1) is 19.6. The molecule has 6 nitrogen and oxygen atoms in total. The molecule has 2 rings (SSSR count). The Bertz CT molecular complexity index is 734. The summed E-state index contributed by atoms with van der Waals surface area (Å²) < 4.78 is 10.7. The van der Waals surface area contributed by atoms with Gasteiger partial charge in [0.05, 0.1) is 19.2 Å². The molecule has 0 saturated carbocycles.